The van der Waals surface area contributed by atoms with Crippen LogP contribution in [-0.2, 0) is 4.79 Å². The van der Waals surface area contributed by atoms with E-state index in [2.05, 4.69) is 5.32 Å². The molecule has 0 aliphatic rings. The van der Waals surface area contributed by atoms with E-state index in [0.717, 1.165) is 0 Å². The van der Waals surface area contributed by atoms with Gasteiger partial charge in [-0.15, -0.1) is 0 Å². The molecule has 0 aliphatic heterocycles. The monoisotopic (exact) mass is 279 g/mol. The number of nitrogens with two attached hydrogens (primary N) is 1. The number of non-ortho nitro benzene ring substituents is 1. The van der Waals surface area contributed by atoms with Crippen molar-refractivity contribution in [3.8, 4) is 0 Å². The molecule has 0 saturated heterocycles. The van der Waals surface area contributed by atoms with E-state index in [0.29, 0.717) is 5.56 Å². The number of aliphatic hydroxyl groups excluding tert-OH is 1. The minimum Gasteiger partial charge on any atom is -0.392 e. The molecule has 1 rings (SSSR count). The van der Waals surface area contributed by atoms with Crippen LogP contribution in [0.4, 0.5) is 5.69 Å². The molecule has 7 nitrogen and oxygen atoms in total. The summed E-state index contributed by atoms with van der Waals surface area (Å²) in [7, 11) is 0. The molecule has 2 unspecified atom stereocenters. The van der Waals surface area contributed by atoms with Crippen molar-refractivity contribution >= 4 is 17.7 Å². The number of hydrogen-bond acceptors (Lipinski definition) is 5. The minimum absolute atomic E-state index is 0.0383. The Morgan fingerprint density at radius 2 is 2.30 bits per heavy atom. The van der Waals surface area contributed by atoms with Crippen molar-refractivity contribution in [3.05, 3.63) is 46.0 Å². The molecule has 1 amide bonds. The van der Waals surface area contributed by atoms with E-state index in [4.69, 9.17) is 10.8 Å². The Morgan fingerprint density at radius 1 is 1.60 bits per heavy atom. The first kappa shape index (κ1) is 15.8. The Kier molecular flexibility index (Phi) is 5.82. The van der Waals surface area contributed by atoms with Crippen molar-refractivity contribution in [2.45, 2.75) is 19.1 Å². The molecule has 20 heavy (non-hydrogen) atoms. The van der Waals surface area contributed by atoms with E-state index in [-0.39, 0.29) is 18.1 Å². The Bertz CT molecular complexity index is 514. The molecule has 0 heterocycles. The SMILES string of the molecule is CC(O)C(N)CNC(=O)C=Cc1cccc([N+](=O)[O-])c1. The molecular weight excluding hydrogens is 262 g/mol. The number of nitro benzene ring substituents is 1. The van der Waals surface area contributed by atoms with Crippen molar-refractivity contribution < 1.29 is 14.8 Å². The smallest absolute Gasteiger partial charge is 0.270 e. The molecule has 0 aromatic heterocycles. The predicted molar refractivity (Wildman–Crippen MR) is 74.8 cm³/mol. The molecule has 0 spiro atoms. The summed E-state index contributed by atoms with van der Waals surface area (Å²) in [6.45, 7) is 1.69. The molecule has 0 bridgehead atoms. The van der Waals surface area contributed by atoms with Gasteiger partial charge in [0, 0.05) is 30.8 Å². The molecule has 1 aromatic rings. The first-order valence-electron chi connectivity index (χ1n) is 6.04. The molecule has 0 saturated carbocycles. The Morgan fingerprint density at radius 3 is 2.90 bits per heavy atom. The summed E-state index contributed by atoms with van der Waals surface area (Å²) < 4.78 is 0. The van der Waals surface area contributed by atoms with E-state index in [1.54, 1.807) is 12.1 Å². The molecule has 0 radical (unpaired) electrons. The van der Waals surface area contributed by atoms with E-state index in [1.165, 1.54) is 31.2 Å². The van der Waals surface area contributed by atoms with Gasteiger partial charge >= 0.3 is 0 Å². The maximum absolute atomic E-state index is 11.5. The first-order chi connectivity index (χ1) is 9.40. The van der Waals surface area contributed by atoms with Crippen LogP contribution in [0.5, 0.6) is 0 Å². The summed E-state index contributed by atoms with van der Waals surface area (Å²) in [5.74, 6) is -0.382. The second-order valence-corrected chi connectivity index (χ2v) is 4.34. The molecule has 2 atom stereocenters. The van der Waals surface area contributed by atoms with Crippen LogP contribution in [0.2, 0.25) is 0 Å². The van der Waals surface area contributed by atoms with Gasteiger partial charge in [-0.3, -0.25) is 14.9 Å². The average molecular weight is 279 g/mol. The fourth-order valence-corrected chi connectivity index (χ4v) is 1.36. The second kappa shape index (κ2) is 7.37. The lowest BCUT2D eigenvalue weighted by Crippen LogP contribution is -2.43. The van der Waals surface area contributed by atoms with Crippen LogP contribution < -0.4 is 11.1 Å². The van der Waals surface area contributed by atoms with Gasteiger partial charge in [-0.05, 0) is 18.6 Å². The fourth-order valence-electron chi connectivity index (χ4n) is 1.36. The topological polar surface area (TPSA) is 118 Å². The van der Waals surface area contributed by atoms with Gasteiger partial charge in [-0.2, -0.15) is 0 Å². The molecule has 4 N–H and O–H groups in total. The first-order valence-corrected chi connectivity index (χ1v) is 6.04. The van der Waals surface area contributed by atoms with Crippen molar-refractivity contribution in [2.24, 2.45) is 5.73 Å². The Labute approximate surface area is 116 Å². The van der Waals surface area contributed by atoms with Crippen molar-refractivity contribution in [2.75, 3.05) is 6.54 Å². The van der Waals surface area contributed by atoms with Crippen LogP contribution in [0.1, 0.15) is 12.5 Å². The fraction of sp³-hybridized carbons (Fsp3) is 0.308. The Hall–Kier alpha value is -2.25. The highest BCUT2D eigenvalue weighted by atomic mass is 16.6. The van der Waals surface area contributed by atoms with Crippen LogP contribution in [0.25, 0.3) is 6.08 Å². The number of carbonyl (C=O) groups is 1. The average Bonchev–Trinajstić information content (AvgIpc) is 2.42. The van der Waals surface area contributed by atoms with Gasteiger partial charge < -0.3 is 16.2 Å². The number of nitro groups is 1. The quantitative estimate of drug-likeness (QED) is 0.396. The maximum atomic E-state index is 11.5. The molecule has 0 fully saturated rings. The van der Waals surface area contributed by atoms with Crippen LogP contribution >= 0.6 is 0 Å². The summed E-state index contributed by atoms with van der Waals surface area (Å²) in [4.78, 5) is 21.6. The van der Waals surface area contributed by atoms with Crippen LogP contribution in [0.15, 0.2) is 30.3 Å². The van der Waals surface area contributed by atoms with Gasteiger partial charge in [0.05, 0.1) is 11.0 Å². The highest BCUT2D eigenvalue weighted by Gasteiger charge is 2.09. The largest absolute Gasteiger partial charge is 0.392 e. The molecule has 108 valence electrons. The van der Waals surface area contributed by atoms with Crippen LogP contribution in [-0.4, -0.2) is 34.6 Å². The lowest BCUT2D eigenvalue weighted by atomic mass is 10.2. The number of carbonyl (C=O) groups excluding carboxylic acids is 1. The van der Waals surface area contributed by atoms with Crippen LogP contribution in [0, 0.1) is 10.1 Å². The molecule has 0 aliphatic carbocycles. The van der Waals surface area contributed by atoms with Crippen LogP contribution in [0.3, 0.4) is 0 Å². The minimum atomic E-state index is -0.712. The third-order valence-electron chi connectivity index (χ3n) is 2.64. The third-order valence-corrected chi connectivity index (χ3v) is 2.64. The third kappa shape index (κ3) is 5.17. The van der Waals surface area contributed by atoms with Gasteiger partial charge in [0.2, 0.25) is 5.91 Å². The zero-order chi connectivity index (χ0) is 15.1. The number of aliphatic hydroxyl groups is 1. The number of amides is 1. The molecular formula is C13H17N3O4. The maximum Gasteiger partial charge on any atom is 0.270 e. The van der Waals surface area contributed by atoms with Gasteiger partial charge in [0.1, 0.15) is 0 Å². The van der Waals surface area contributed by atoms with Gasteiger partial charge in [-0.1, -0.05) is 12.1 Å². The normalized spacial score (nSPS) is 13.9. The Balaban J connectivity index is 2.57. The lowest BCUT2D eigenvalue weighted by molar-refractivity contribution is -0.384. The number of hydrogen-bond donors (Lipinski definition) is 3. The summed E-state index contributed by atoms with van der Waals surface area (Å²) in [6, 6.07) is 5.40. The van der Waals surface area contributed by atoms with Gasteiger partial charge in [0.25, 0.3) is 5.69 Å². The zero-order valence-electron chi connectivity index (χ0n) is 11.0. The standard InChI is InChI=1S/C13H17N3O4/c1-9(17)12(14)8-15-13(18)6-5-10-3-2-4-11(7-10)16(19)20/h2-7,9,12,17H,8,14H2,1H3,(H,15,18). The molecule has 7 heteroatoms. The number of nitrogens with zero attached hydrogens (tertiary/aromatic N) is 1. The highest BCUT2D eigenvalue weighted by molar-refractivity contribution is 5.91. The van der Waals surface area contributed by atoms with E-state index in [9.17, 15) is 14.9 Å². The van der Waals surface area contributed by atoms with E-state index < -0.39 is 17.1 Å². The van der Waals surface area contributed by atoms with Crippen molar-refractivity contribution in [1.82, 2.24) is 5.32 Å². The predicted octanol–water partition coefficient (Wildman–Crippen LogP) is 0.432. The van der Waals surface area contributed by atoms with Crippen molar-refractivity contribution in [3.63, 3.8) is 0 Å². The number of benzene rings is 1. The summed E-state index contributed by atoms with van der Waals surface area (Å²) in [5, 5.41) is 22.3. The number of nitrogens with one attached hydrogen (secondary N) is 1. The second-order valence-electron chi connectivity index (χ2n) is 4.34. The van der Waals surface area contributed by atoms with Crippen molar-refractivity contribution in [1.29, 1.82) is 0 Å². The van der Waals surface area contributed by atoms with Gasteiger partial charge in [-0.25, -0.2) is 0 Å². The summed E-state index contributed by atoms with van der Waals surface area (Å²) in [5.41, 5.74) is 6.07. The summed E-state index contributed by atoms with van der Waals surface area (Å²) in [6.07, 6.45) is 2.01. The highest BCUT2D eigenvalue weighted by Crippen LogP contribution is 2.13. The summed E-state index contributed by atoms with van der Waals surface area (Å²) >= 11 is 0. The van der Waals surface area contributed by atoms with Gasteiger partial charge in [0.15, 0.2) is 0 Å². The molecule has 1 aromatic carbocycles. The lowest BCUT2D eigenvalue weighted by Gasteiger charge is -2.14. The number of rotatable bonds is 6. The van der Waals surface area contributed by atoms with E-state index in [1.807, 2.05) is 0 Å². The zero-order valence-corrected chi connectivity index (χ0v) is 11.0. The van der Waals surface area contributed by atoms with E-state index >= 15 is 0 Å².